The van der Waals surface area contributed by atoms with Gasteiger partial charge in [0.15, 0.2) is 5.76 Å². The lowest BCUT2D eigenvalue weighted by atomic mass is 10.1. The van der Waals surface area contributed by atoms with Crippen molar-refractivity contribution < 1.29 is 18.0 Å². The molecule has 0 saturated carbocycles. The van der Waals surface area contributed by atoms with Crippen LogP contribution in [0.5, 0.6) is 0 Å². The molecule has 2 aromatic heterocycles. The SMILES string of the molecule is Cc1ccc(/C=C\C(=O)Nc2cnn(Cc3ccc(C(C)(F)F)o3)c2)cc1. The van der Waals surface area contributed by atoms with E-state index in [-0.39, 0.29) is 18.2 Å². The van der Waals surface area contributed by atoms with Gasteiger partial charge < -0.3 is 9.73 Å². The van der Waals surface area contributed by atoms with Crippen LogP contribution in [-0.4, -0.2) is 15.7 Å². The number of aryl methyl sites for hydroxylation is 1. The van der Waals surface area contributed by atoms with Gasteiger partial charge in [0.1, 0.15) is 5.76 Å². The Morgan fingerprint density at radius 2 is 2.00 bits per heavy atom. The molecule has 0 saturated heterocycles. The van der Waals surface area contributed by atoms with Crippen molar-refractivity contribution in [2.75, 3.05) is 5.32 Å². The highest BCUT2D eigenvalue weighted by Crippen LogP contribution is 2.28. The molecule has 1 N–H and O–H groups in total. The van der Waals surface area contributed by atoms with E-state index in [2.05, 4.69) is 10.4 Å². The summed E-state index contributed by atoms with van der Waals surface area (Å²) in [5.41, 5.74) is 2.57. The van der Waals surface area contributed by atoms with Crippen LogP contribution in [0.4, 0.5) is 14.5 Å². The smallest absolute Gasteiger partial charge is 0.301 e. The summed E-state index contributed by atoms with van der Waals surface area (Å²) in [6.07, 6.45) is 6.23. The van der Waals surface area contributed by atoms with Gasteiger partial charge in [-0.3, -0.25) is 9.48 Å². The third kappa shape index (κ3) is 5.13. The molecule has 27 heavy (non-hydrogen) atoms. The van der Waals surface area contributed by atoms with Crippen molar-refractivity contribution >= 4 is 17.7 Å². The molecule has 3 rings (SSSR count). The van der Waals surface area contributed by atoms with Gasteiger partial charge in [0, 0.05) is 19.2 Å². The van der Waals surface area contributed by atoms with Crippen molar-refractivity contribution in [2.45, 2.75) is 26.3 Å². The number of halogens is 2. The monoisotopic (exact) mass is 371 g/mol. The number of alkyl halides is 2. The molecule has 0 spiro atoms. The minimum Gasteiger partial charge on any atom is -0.458 e. The fraction of sp³-hybridized carbons (Fsp3) is 0.200. The van der Waals surface area contributed by atoms with Crippen molar-refractivity contribution in [3.8, 4) is 0 Å². The van der Waals surface area contributed by atoms with Gasteiger partial charge in [-0.1, -0.05) is 29.8 Å². The van der Waals surface area contributed by atoms with Crippen LogP contribution in [-0.2, 0) is 17.3 Å². The number of hydrogen-bond donors (Lipinski definition) is 1. The Kier molecular flexibility index (Phi) is 5.21. The number of nitrogens with zero attached hydrogens (tertiary/aromatic N) is 2. The van der Waals surface area contributed by atoms with Crippen LogP contribution in [0.25, 0.3) is 6.08 Å². The highest BCUT2D eigenvalue weighted by atomic mass is 19.3. The zero-order chi connectivity index (χ0) is 19.4. The van der Waals surface area contributed by atoms with E-state index >= 15 is 0 Å². The largest absolute Gasteiger partial charge is 0.458 e. The number of carbonyl (C=O) groups excluding carboxylic acids is 1. The van der Waals surface area contributed by atoms with Gasteiger partial charge in [-0.25, -0.2) is 0 Å². The Balaban J connectivity index is 1.58. The maximum atomic E-state index is 13.2. The summed E-state index contributed by atoms with van der Waals surface area (Å²) < 4.78 is 33.0. The number of amides is 1. The van der Waals surface area contributed by atoms with Gasteiger partial charge in [0.25, 0.3) is 0 Å². The number of hydrogen-bond acceptors (Lipinski definition) is 3. The van der Waals surface area contributed by atoms with Crippen molar-refractivity contribution in [3.05, 3.63) is 77.5 Å². The number of rotatable bonds is 6. The summed E-state index contributed by atoms with van der Waals surface area (Å²) >= 11 is 0. The molecule has 0 atom stereocenters. The Labute approximate surface area is 155 Å². The number of anilines is 1. The molecule has 0 fully saturated rings. The second kappa shape index (κ2) is 7.57. The number of nitrogens with one attached hydrogen (secondary N) is 1. The maximum Gasteiger partial charge on any atom is 0.301 e. The van der Waals surface area contributed by atoms with Crippen molar-refractivity contribution in [2.24, 2.45) is 0 Å². The van der Waals surface area contributed by atoms with Crippen LogP contribution in [0.15, 0.2) is 59.3 Å². The second-order valence-corrected chi connectivity index (χ2v) is 6.31. The molecule has 0 aliphatic carbocycles. The molecule has 0 unspecified atom stereocenters. The molecule has 2 heterocycles. The standard InChI is InChI=1S/C20H19F2N3O2/c1-14-3-5-15(6-4-14)7-10-19(26)24-16-11-23-25(12-16)13-17-8-9-18(27-17)20(2,21)22/h3-12H,13H2,1-2H3,(H,24,26)/b10-7-. The first-order valence-corrected chi connectivity index (χ1v) is 8.35. The summed E-state index contributed by atoms with van der Waals surface area (Å²) in [6, 6.07) is 10.5. The van der Waals surface area contributed by atoms with Gasteiger partial charge in [-0.2, -0.15) is 13.9 Å². The van der Waals surface area contributed by atoms with E-state index in [4.69, 9.17) is 4.42 Å². The van der Waals surface area contributed by atoms with Crippen LogP contribution in [0.3, 0.4) is 0 Å². The predicted molar refractivity (Wildman–Crippen MR) is 98.4 cm³/mol. The highest BCUT2D eigenvalue weighted by molar-refractivity contribution is 6.01. The van der Waals surface area contributed by atoms with Crippen molar-refractivity contribution in [3.63, 3.8) is 0 Å². The lowest BCUT2D eigenvalue weighted by Gasteiger charge is -2.05. The van der Waals surface area contributed by atoms with Gasteiger partial charge in [0.05, 0.1) is 18.4 Å². The zero-order valence-corrected chi connectivity index (χ0v) is 14.9. The molecule has 7 heteroatoms. The molecule has 0 aliphatic heterocycles. The van der Waals surface area contributed by atoms with Crippen LogP contribution < -0.4 is 5.32 Å². The third-order valence-corrected chi connectivity index (χ3v) is 3.82. The zero-order valence-electron chi connectivity index (χ0n) is 14.9. The molecule has 1 aromatic carbocycles. The normalized spacial score (nSPS) is 11.9. The quantitative estimate of drug-likeness (QED) is 0.645. The molecule has 0 radical (unpaired) electrons. The Bertz CT molecular complexity index is 950. The lowest BCUT2D eigenvalue weighted by Crippen LogP contribution is -2.07. The Morgan fingerprint density at radius 1 is 1.26 bits per heavy atom. The summed E-state index contributed by atoms with van der Waals surface area (Å²) in [5, 5.41) is 6.79. The Hall–Kier alpha value is -3.22. The minimum atomic E-state index is -3.02. The predicted octanol–water partition coefficient (Wildman–Crippen LogP) is 4.60. The molecular weight excluding hydrogens is 352 g/mol. The molecule has 3 aromatic rings. The van der Waals surface area contributed by atoms with Gasteiger partial charge >= 0.3 is 5.92 Å². The highest BCUT2D eigenvalue weighted by Gasteiger charge is 2.28. The van der Waals surface area contributed by atoms with Crippen LogP contribution in [0, 0.1) is 6.92 Å². The molecular formula is C20H19F2N3O2. The minimum absolute atomic E-state index is 0.186. The van der Waals surface area contributed by atoms with Crippen LogP contribution in [0.2, 0.25) is 0 Å². The summed E-state index contributed by atoms with van der Waals surface area (Å²) in [4.78, 5) is 12.0. The van der Waals surface area contributed by atoms with Gasteiger partial charge in [0.2, 0.25) is 5.91 Å². The van der Waals surface area contributed by atoms with E-state index in [0.29, 0.717) is 11.4 Å². The van der Waals surface area contributed by atoms with E-state index in [1.54, 1.807) is 12.3 Å². The van der Waals surface area contributed by atoms with E-state index in [1.165, 1.54) is 29.1 Å². The van der Waals surface area contributed by atoms with E-state index in [9.17, 15) is 13.6 Å². The number of carbonyl (C=O) groups is 1. The Morgan fingerprint density at radius 3 is 2.67 bits per heavy atom. The van der Waals surface area contributed by atoms with Crippen molar-refractivity contribution in [1.29, 1.82) is 0 Å². The summed E-state index contributed by atoms with van der Waals surface area (Å²) in [7, 11) is 0. The summed E-state index contributed by atoms with van der Waals surface area (Å²) in [5.74, 6) is -3.35. The van der Waals surface area contributed by atoms with E-state index < -0.39 is 5.92 Å². The molecule has 1 amide bonds. The van der Waals surface area contributed by atoms with E-state index in [1.807, 2.05) is 31.2 Å². The first-order valence-electron chi connectivity index (χ1n) is 8.35. The number of benzene rings is 1. The third-order valence-electron chi connectivity index (χ3n) is 3.82. The molecule has 0 aliphatic rings. The summed E-state index contributed by atoms with van der Waals surface area (Å²) in [6.45, 7) is 2.96. The molecule has 140 valence electrons. The topological polar surface area (TPSA) is 60.1 Å². The first kappa shape index (κ1) is 18.6. The van der Waals surface area contributed by atoms with Crippen molar-refractivity contribution in [1.82, 2.24) is 9.78 Å². The first-order chi connectivity index (χ1) is 12.8. The van der Waals surface area contributed by atoms with Gasteiger partial charge in [-0.05, 0) is 30.7 Å². The van der Waals surface area contributed by atoms with Crippen LogP contribution >= 0.6 is 0 Å². The maximum absolute atomic E-state index is 13.2. The van der Waals surface area contributed by atoms with Gasteiger partial charge in [-0.15, -0.1) is 0 Å². The second-order valence-electron chi connectivity index (χ2n) is 6.31. The number of furan rings is 1. The molecule has 0 bridgehead atoms. The average molecular weight is 371 g/mol. The fourth-order valence-corrected chi connectivity index (χ4v) is 2.41. The fourth-order valence-electron chi connectivity index (χ4n) is 2.41. The lowest BCUT2D eigenvalue weighted by molar-refractivity contribution is -0.111. The molecule has 5 nitrogen and oxygen atoms in total. The number of aromatic nitrogens is 2. The van der Waals surface area contributed by atoms with Crippen LogP contribution in [0.1, 0.15) is 29.6 Å². The average Bonchev–Trinajstić information content (AvgIpc) is 3.24. The van der Waals surface area contributed by atoms with E-state index in [0.717, 1.165) is 18.1 Å².